The normalized spacial score (nSPS) is 10.6. The molecular weight excluding hydrogens is 234 g/mol. The summed E-state index contributed by atoms with van der Waals surface area (Å²) in [5.41, 5.74) is 1.11. The van der Waals surface area contributed by atoms with Crippen molar-refractivity contribution in [3.63, 3.8) is 0 Å². The molecule has 14 heavy (non-hydrogen) atoms. The quantitative estimate of drug-likeness (QED) is 0.739. The first-order chi connectivity index (χ1) is 6.90. The monoisotopic (exact) mass is 243 g/mol. The number of hydrogen-bond donors (Lipinski definition) is 0. The molecule has 2 aromatic rings. The second kappa shape index (κ2) is 4.91. The van der Waals surface area contributed by atoms with E-state index in [0.29, 0.717) is 5.88 Å². The molecule has 0 bridgehead atoms. The number of alkyl halides is 1. The SMILES string of the molecule is ClCCCc1nc(-c2cccs2)cs1. The molecule has 0 saturated heterocycles. The van der Waals surface area contributed by atoms with Gasteiger partial charge in [-0.05, 0) is 17.9 Å². The van der Waals surface area contributed by atoms with Crippen LogP contribution in [0.4, 0.5) is 0 Å². The number of halogens is 1. The summed E-state index contributed by atoms with van der Waals surface area (Å²) < 4.78 is 0. The van der Waals surface area contributed by atoms with Gasteiger partial charge in [-0.15, -0.1) is 34.3 Å². The molecule has 0 saturated carbocycles. The lowest BCUT2D eigenvalue weighted by Crippen LogP contribution is -1.84. The first-order valence-electron chi connectivity index (χ1n) is 4.44. The molecule has 0 radical (unpaired) electrons. The molecule has 0 atom stereocenters. The van der Waals surface area contributed by atoms with Crippen molar-refractivity contribution in [3.05, 3.63) is 27.9 Å². The maximum atomic E-state index is 5.64. The Kier molecular flexibility index (Phi) is 3.56. The molecule has 0 spiro atoms. The first-order valence-corrected chi connectivity index (χ1v) is 6.74. The Labute approximate surface area is 96.4 Å². The van der Waals surface area contributed by atoms with Crippen LogP contribution in [0.25, 0.3) is 10.6 Å². The van der Waals surface area contributed by atoms with Gasteiger partial charge < -0.3 is 0 Å². The Hall–Kier alpha value is -0.380. The summed E-state index contributed by atoms with van der Waals surface area (Å²) in [4.78, 5) is 5.81. The summed E-state index contributed by atoms with van der Waals surface area (Å²) >= 11 is 9.09. The summed E-state index contributed by atoms with van der Waals surface area (Å²) in [5, 5.41) is 5.39. The van der Waals surface area contributed by atoms with Gasteiger partial charge in [0.2, 0.25) is 0 Å². The van der Waals surface area contributed by atoms with E-state index in [1.165, 1.54) is 9.88 Å². The zero-order chi connectivity index (χ0) is 9.80. The molecule has 2 heterocycles. The highest BCUT2D eigenvalue weighted by Crippen LogP contribution is 2.26. The Morgan fingerprint density at radius 1 is 1.36 bits per heavy atom. The lowest BCUT2D eigenvalue weighted by atomic mass is 10.3. The third-order valence-corrected chi connectivity index (χ3v) is 3.92. The fourth-order valence-electron chi connectivity index (χ4n) is 1.18. The molecule has 0 aliphatic heterocycles. The molecule has 0 aliphatic carbocycles. The summed E-state index contributed by atoms with van der Waals surface area (Å²) in [6.45, 7) is 0. The van der Waals surface area contributed by atoms with Gasteiger partial charge in [-0.25, -0.2) is 4.98 Å². The van der Waals surface area contributed by atoms with Crippen LogP contribution < -0.4 is 0 Å². The average molecular weight is 244 g/mol. The predicted molar refractivity (Wildman–Crippen MR) is 64.5 cm³/mol. The van der Waals surface area contributed by atoms with Crippen LogP contribution >= 0.6 is 34.3 Å². The Bertz CT molecular complexity index is 380. The number of thiazole rings is 1. The van der Waals surface area contributed by atoms with E-state index in [9.17, 15) is 0 Å². The highest BCUT2D eigenvalue weighted by atomic mass is 35.5. The predicted octanol–water partition coefficient (Wildman–Crippen LogP) is 4.04. The van der Waals surface area contributed by atoms with E-state index in [-0.39, 0.29) is 0 Å². The molecule has 1 nitrogen and oxygen atoms in total. The number of aryl methyl sites for hydroxylation is 1. The van der Waals surface area contributed by atoms with E-state index in [1.54, 1.807) is 22.7 Å². The third kappa shape index (κ3) is 2.35. The van der Waals surface area contributed by atoms with Gasteiger partial charge in [-0.2, -0.15) is 0 Å². The van der Waals surface area contributed by atoms with Gasteiger partial charge in [-0.3, -0.25) is 0 Å². The Morgan fingerprint density at radius 2 is 2.29 bits per heavy atom. The third-order valence-electron chi connectivity index (χ3n) is 1.85. The van der Waals surface area contributed by atoms with Crippen LogP contribution in [-0.2, 0) is 6.42 Å². The molecule has 0 fully saturated rings. The van der Waals surface area contributed by atoms with E-state index in [1.807, 2.05) is 0 Å². The summed E-state index contributed by atoms with van der Waals surface area (Å²) in [7, 11) is 0. The maximum Gasteiger partial charge on any atom is 0.0933 e. The highest BCUT2D eigenvalue weighted by Gasteiger charge is 2.04. The lowest BCUT2D eigenvalue weighted by molar-refractivity contribution is 0.916. The van der Waals surface area contributed by atoms with Crippen LogP contribution in [0.5, 0.6) is 0 Å². The molecule has 0 amide bonds. The molecule has 4 heteroatoms. The van der Waals surface area contributed by atoms with Crippen LogP contribution in [0, 0.1) is 0 Å². The topological polar surface area (TPSA) is 12.9 Å². The zero-order valence-electron chi connectivity index (χ0n) is 7.57. The molecule has 2 aromatic heterocycles. The fourth-order valence-corrected chi connectivity index (χ4v) is 2.92. The number of rotatable bonds is 4. The van der Waals surface area contributed by atoms with Gasteiger partial charge in [-0.1, -0.05) is 6.07 Å². The van der Waals surface area contributed by atoms with Crippen LogP contribution in [-0.4, -0.2) is 10.9 Å². The lowest BCUT2D eigenvalue weighted by Gasteiger charge is -1.90. The summed E-state index contributed by atoms with van der Waals surface area (Å²) in [6, 6.07) is 4.16. The standard InChI is InChI=1S/C10H10ClNS2/c11-5-1-4-10-12-8(7-14-10)9-3-2-6-13-9/h2-3,6-7H,1,4-5H2. The van der Waals surface area contributed by atoms with E-state index in [0.717, 1.165) is 18.5 Å². The van der Waals surface area contributed by atoms with Gasteiger partial charge in [0.15, 0.2) is 0 Å². The van der Waals surface area contributed by atoms with Gasteiger partial charge in [0.05, 0.1) is 15.6 Å². The largest absolute Gasteiger partial charge is 0.240 e. The molecule has 74 valence electrons. The van der Waals surface area contributed by atoms with Crippen LogP contribution in [0.3, 0.4) is 0 Å². The number of nitrogens with zero attached hydrogens (tertiary/aromatic N) is 1. The second-order valence-corrected chi connectivity index (χ2v) is 5.16. The van der Waals surface area contributed by atoms with Crippen LogP contribution in [0.2, 0.25) is 0 Å². The smallest absolute Gasteiger partial charge is 0.0933 e. The molecule has 0 unspecified atom stereocenters. The van der Waals surface area contributed by atoms with Crippen molar-refractivity contribution in [2.75, 3.05) is 5.88 Å². The molecule has 2 rings (SSSR count). The Balaban J connectivity index is 2.10. The van der Waals surface area contributed by atoms with E-state index in [4.69, 9.17) is 11.6 Å². The van der Waals surface area contributed by atoms with Crippen molar-refractivity contribution in [3.8, 4) is 10.6 Å². The van der Waals surface area contributed by atoms with Gasteiger partial charge >= 0.3 is 0 Å². The molecule has 0 aliphatic rings. The van der Waals surface area contributed by atoms with Crippen molar-refractivity contribution >= 4 is 34.3 Å². The van der Waals surface area contributed by atoms with Gasteiger partial charge in [0.1, 0.15) is 0 Å². The second-order valence-electron chi connectivity index (χ2n) is 2.90. The summed E-state index contributed by atoms with van der Waals surface area (Å²) in [6.07, 6.45) is 2.01. The summed E-state index contributed by atoms with van der Waals surface area (Å²) in [5.74, 6) is 0.716. The fraction of sp³-hybridized carbons (Fsp3) is 0.300. The molecule has 0 N–H and O–H groups in total. The van der Waals surface area contributed by atoms with Crippen molar-refractivity contribution in [1.29, 1.82) is 0 Å². The minimum atomic E-state index is 0.716. The number of hydrogen-bond acceptors (Lipinski definition) is 3. The minimum Gasteiger partial charge on any atom is -0.240 e. The number of aromatic nitrogens is 1. The van der Waals surface area contributed by atoms with Crippen molar-refractivity contribution in [2.24, 2.45) is 0 Å². The molecule has 0 aromatic carbocycles. The van der Waals surface area contributed by atoms with Gasteiger partial charge in [0, 0.05) is 17.7 Å². The number of thiophene rings is 1. The van der Waals surface area contributed by atoms with E-state index >= 15 is 0 Å². The maximum absolute atomic E-state index is 5.64. The van der Waals surface area contributed by atoms with E-state index < -0.39 is 0 Å². The first kappa shape index (κ1) is 10.1. The van der Waals surface area contributed by atoms with Crippen molar-refractivity contribution < 1.29 is 0 Å². The minimum absolute atomic E-state index is 0.716. The van der Waals surface area contributed by atoms with E-state index in [2.05, 4.69) is 27.9 Å². The molecular formula is C10H10ClNS2. The highest BCUT2D eigenvalue weighted by molar-refractivity contribution is 7.14. The van der Waals surface area contributed by atoms with Crippen molar-refractivity contribution in [1.82, 2.24) is 4.98 Å². The Morgan fingerprint density at radius 3 is 3.00 bits per heavy atom. The zero-order valence-corrected chi connectivity index (χ0v) is 9.96. The average Bonchev–Trinajstić information content (AvgIpc) is 2.85. The van der Waals surface area contributed by atoms with Crippen molar-refractivity contribution in [2.45, 2.75) is 12.8 Å². The van der Waals surface area contributed by atoms with Crippen LogP contribution in [0.1, 0.15) is 11.4 Å². The van der Waals surface area contributed by atoms with Gasteiger partial charge in [0.25, 0.3) is 0 Å². The van der Waals surface area contributed by atoms with Crippen LogP contribution in [0.15, 0.2) is 22.9 Å².